The third kappa shape index (κ3) is 4.66. The Labute approximate surface area is 189 Å². The molecule has 1 saturated heterocycles. The van der Waals surface area contributed by atoms with E-state index in [0.717, 1.165) is 35.5 Å². The molecule has 0 bridgehead atoms. The summed E-state index contributed by atoms with van der Waals surface area (Å²) < 4.78 is 5.30. The van der Waals surface area contributed by atoms with Crippen molar-refractivity contribution in [2.45, 2.75) is 18.9 Å². The van der Waals surface area contributed by atoms with E-state index >= 15 is 0 Å². The van der Waals surface area contributed by atoms with Gasteiger partial charge in [-0.3, -0.25) is 9.69 Å². The van der Waals surface area contributed by atoms with Gasteiger partial charge in [-0.2, -0.15) is 5.26 Å². The van der Waals surface area contributed by atoms with E-state index in [1.807, 2.05) is 54.6 Å². The first-order chi connectivity index (χ1) is 15.7. The molecule has 0 unspecified atom stereocenters. The molecular formula is C27H27N3O2. The predicted molar refractivity (Wildman–Crippen MR) is 125 cm³/mol. The van der Waals surface area contributed by atoms with Gasteiger partial charge in [-0.1, -0.05) is 48.5 Å². The first kappa shape index (κ1) is 21.6. The van der Waals surface area contributed by atoms with Crippen LogP contribution in [0.25, 0.3) is 11.1 Å². The van der Waals surface area contributed by atoms with Crippen molar-refractivity contribution in [3.8, 4) is 22.9 Å². The Kier molecular flexibility index (Phi) is 6.84. The third-order valence-electron chi connectivity index (χ3n) is 6.05. The molecule has 4 rings (SSSR count). The first-order valence-corrected chi connectivity index (χ1v) is 11.0. The number of rotatable bonds is 7. The molecule has 3 aromatic carbocycles. The van der Waals surface area contributed by atoms with Crippen molar-refractivity contribution in [2.75, 3.05) is 26.7 Å². The molecule has 0 aromatic heterocycles. The highest BCUT2D eigenvalue weighted by atomic mass is 16.5. The van der Waals surface area contributed by atoms with Crippen LogP contribution in [0.3, 0.4) is 0 Å². The molecule has 3 aromatic rings. The molecule has 1 atom stereocenters. The minimum Gasteiger partial charge on any atom is -0.497 e. The highest BCUT2D eigenvalue weighted by Gasteiger charge is 2.25. The zero-order valence-electron chi connectivity index (χ0n) is 18.3. The van der Waals surface area contributed by atoms with Crippen LogP contribution in [0.15, 0.2) is 72.8 Å². The number of hydrogen-bond acceptors (Lipinski definition) is 4. The van der Waals surface area contributed by atoms with Gasteiger partial charge in [-0.15, -0.1) is 0 Å². The summed E-state index contributed by atoms with van der Waals surface area (Å²) in [4.78, 5) is 15.7. The van der Waals surface area contributed by atoms with Crippen LogP contribution in [0.4, 0.5) is 0 Å². The van der Waals surface area contributed by atoms with Gasteiger partial charge in [0.05, 0.1) is 24.8 Å². The molecule has 32 heavy (non-hydrogen) atoms. The van der Waals surface area contributed by atoms with Gasteiger partial charge >= 0.3 is 0 Å². The molecule has 1 aliphatic heterocycles. The summed E-state index contributed by atoms with van der Waals surface area (Å²) in [5.74, 6) is 0.689. The third-order valence-corrected chi connectivity index (χ3v) is 6.05. The SMILES string of the molecule is COc1ccc([C@@H](CNC(=O)c2ccccc2-c2ccccc2C#N)N2CCCC2)cc1. The molecule has 1 aliphatic rings. The van der Waals surface area contributed by atoms with Crippen LogP contribution in [-0.2, 0) is 0 Å². The largest absolute Gasteiger partial charge is 0.497 e. The van der Waals surface area contributed by atoms with E-state index in [1.165, 1.54) is 12.8 Å². The molecule has 162 valence electrons. The molecule has 0 radical (unpaired) electrons. The monoisotopic (exact) mass is 425 g/mol. The minimum atomic E-state index is -0.133. The Morgan fingerprint density at radius 1 is 1.00 bits per heavy atom. The van der Waals surface area contributed by atoms with E-state index in [4.69, 9.17) is 4.74 Å². The van der Waals surface area contributed by atoms with Crippen molar-refractivity contribution < 1.29 is 9.53 Å². The second-order valence-corrected chi connectivity index (χ2v) is 7.95. The van der Waals surface area contributed by atoms with E-state index in [2.05, 4.69) is 28.4 Å². The average Bonchev–Trinajstić information content (AvgIpc) is 3.39. The number of carbonyl (C=O) groups is 1. The van der Waals surface area contributed by atoms with Crippen molar-refractivity contribution in [1.29, 1.82) is 5.26 Å². The highest BCUT2D eigenvalue weighted by molar-refractivity contribution is 6.01. The smallest absolute Gasteiger partial charge is 0.251 e. The van der Waals surface area contributed by atoms with Crippen molar-refractivity contribution in [2.24, 2.45) is 0 Å². The zero-order valence-corrected chi connectivity index (χ0v) is 18.3. The molecule has 1 amide bonds. The van der Waals surface area contributed by atoms with Crippen molar-refractivity contribution in [3.05, 3.63) is 89.5 Å². The van der Waals surface area contributed by atoms with Gasteiger partial charge in [0, 0.05) is 17.7 Å². The summed E-state index contributed by atoms with van der Waals surface area (Å²) in [5.41, 5.74) is 3.83. The number of nitrogens with one attached hydrogen (secondary N) is 1. The fourth-order valence-corrected chi connectivity index (χ4v) is 4.35. The molecule has 1 N–H and O–H groups in total. The number of likely N-dealkylation sites (tertiary alicyclic amines) is 1. The van der Waals surface area contributed by atoms with E-state index in [0.29, 0.717) is 17.7 Å². The van der Waals surface area contributed by atoms with Gasteiger partial charge in [-0.25, -0.2) is 0 Å². The van der Waals surface area contributed by atoms with Crippen LogP contribution in [0, 0.1) is 11.3 Å². The number of ether oxygens (including phenoxy) is 1. The summed E-state index contributed by atoms with van der Waals surface area (Å²) in [5, 5.41) is 12.7. The second kappa shape index (κ2) is 10.1. The van der Waals surface area contributed by atoms with Crippen LogP contribution in [-0.4, -0.2) is 37.6 Å². The fraction of sp³-hybridized carbons (Fsp3) is 0.259. The predicted octanol–water partition coefficient (Wildman–Crippen LogP) is 4.80. The van der Waals surface area contributed by atoms with Gasteiger partial charge in [0.2, 0.25) is 0 Å². The lowest BCUT2D eigenvalue weighted by Crippen LogP contribution is -2.37. The molecule has 0 spiro atoms. The van der Waals surface area contributed by atoms with Crippen LogP contribution in [0.1, 0.15) is 40.4 Å². The molecule has 5 nitrogen and oxygen atoms in total. The molecule has 0 aliphatic carbocycles. The van der Waals surface area contributed by atoms with Gasteiger partial charge in [0.1, 0.15) is 5.75 Å². The highest BCUT2D eigenvalue weighted by Crippen LogP contribution is 2.28. The molecule has 1 heterocycles. The molecule has 5 heteroatoms. The second-order valence-electron chi connectivity index (χ2n) is 7.95. The zero-order chi connectivity index (χ0) is 22.3. The Morgan fingerprint density at radius 3 is 2.34 bits per heavy atom. The summed E-state index contributed by atoms with van der Waals surface area (Å²) in [6, 6.07) is 25.3. The fourth-order valence-electron chi connectivity index (χ4n) is 4.35. The van der Waals surface area contributed by atoms with E-state index in [1.54, 1.807) is 13.2 Å². The lowest BCUT2D eigenvalue weighted by atomic mass is 9.95. The van der Waals surface area contributed by atoms with Gasteiger partial charge in [0.25, 0.3) is 5.91 Å². The molecule has 0 saturated carbocycles. The maximum atomic E-state index is 13.3. The number of nitriles is 1. The van der Waals surface area contributed by atoms with Gasteiger partial charge < -0.3 is 10.1 Å². The van der Waals surface area contributed by atoms with E-state index in [-0.39, 0.29) is 11.9 Å². The number of methoxy groups -OCH3 is 1. The quantitative estimate of drug-likeness (QED) is 0.590. The van der Waals surface area contributed by atoms with E-state index < -0.39 is 0 Å². The summed E-state index contributed by atoms with van der Waals surface area (Å²) in [6.07, 6.45) is 2.35. The summed E-state index contributed by atoms with van der Waals surface area (Å²) in [6.45, 7) is 2.57. The Morgan fingerprint density at radius 2 is 1.66 bits per heavy atom. The van der Waals surface area contributed by atoms with Crippen LogP contribution < -0.4 is 10.1 Å². The standard InChI is InChI=1S/C27H27N3O2/c1-32-22-14-12-20(13-15-22)26(30-16-6-7-17-30)19-29-27(31)25-11-5-4-10-24(25)23-9-3-2-8-21(23)18-28/h2-5,8-15,26H,6-7,16-17,19H2,1H3,(H,29,31)/t26-/m1/s1. The Balaban J connectivity index is 1.57. The lowest BCUT2D eigenvalue weighted by molar-refractivity contribution is 0.0938. The lowest BCUT2D eigenvalue weighted by Gasteiger charge is -2.28. The van der Waals surface area contributed by atoms with Crippen molar-refractivity contribution >= 4 is 5.91 Å². The van der Waals surface area contributed by atoms with Crippen molar-refractivity contribution in [3.63, 3.8) is 0 Å². The van der Waals surface area contributed by atoms with Gasteiger partial charge in [-0.05, 0) is 61.3 Å². The number of carbonyl (C=O) groups excluding carboxylic acids is 1. The molecule has 1 fully saturated rings. The van der Waals surface area contributed by atoms with Crippen LogP contribution in [0.5, 0.6) is 5.75 Å². The molecular weight excluding hydrogens is 398 g/mol. The number of hydrogen-bond donors (Lipinski definition) is 1. The maximum absolute atomic E-state index is 13.3. The topological polar surface area (TPSA) is 65.4 Å². The minimum absolute atomic E-state index is 0.103. The van der Waals surface area contributed by atoms with E-state index in [9.17, 15) is 10.1 Å². The first-order valence-electron chi connectivity index (χ1n) is 11.0. The number of nitrogens with zero attached hydrogens (tertiary/aromatic N) is 2. The Hall–Kier alpha value is -3.62. The van der Waals surface area contributed by atoms with Gasteiger partial charge in [0.15, 0.2) is 0 Å². The van der Waals surface area contributed by atoms with Crippen LogP contribution in [0.2, 0.25) is 0 Å². The van der Waals surface area contributed by atoms with Crippen LogP contribution >= 0.6 is 0 Å². The average molecular weight is 426 g/mol. The Bertz CT molecular complexity index is 1110. The maximum Gasteiger partial charge on any atom is 0.251 e. The number of benzene rings is 3. The number of amides is 1. The normalized spacial score (nSPS) is 14.5. The summed E-state index contributed by atoms with van der Waals surface area (Å²) >= 11 is 0. The summed E-state index contributed by atoms with van der Waals surface area (Å²) in [7, 11) is 1.66. The van der Waals surface area contributed by atoms with Crippen molar-refractivity contribution in [1.82, 2.24) is 10.2 Å².